The molecule has 0 radical (unpaired) electrons. The SMILES string of the molecule is CCC1C(=O)NC(C)C(=O)N1CCc1cccc(C)c1. The minimum atomic E-state index is -0.414. The van der Waals surface area contributed by atoms with E-state index in [1.807, 2.05) is 13.0 Å². The third-order valence-electron chi connectivity index (χ3n) is 3.80. The van der Waals surface area contributed by atoms with E-state index in [-0.39, 0.29) is 17.9 Å². The molecule has 0 aromatic heterocycles. The van der Waals surface area contributed by atoms with Crippen LogP contribution in [0.25, 0.3) is 0 Å². The molecule has 1 heterocycles. The molecule has 2 atom stereocenters. The summed E-state index contributed by atoms with van der Waals surface area (Å²) < 4.78 is 0. The van der Waals surface area contributed by atoms with E-state index in [0.717, 1.165) is 6.42 Å². The molecule has 4 nitrogen and oxygen atoms in total. The summed E-state index contributed by atoms with van der Waals surface area (Å²) in [5.41, 5.74) is 2.41. The predicted octanol–water partition coefficient (Wildman–Crippen LogP) is 1.66. The molecule has 0 saturated carbocycles. The van der Waals surface area contributed by atoms with Gasteiger partial charge in [0.15, 0.2) is 0 Å². The maximum Gasteiger partial charge on any atom is 0.245 e. The third kappa shape index (κ3) is 3.00. The maximum absolute atomic E-state index is 12.2. The minimum Gasteiger partial charge on any atom is -0.343 e. The Labute approximate surface area is 120 Å². The second-order valence-corrected chi connectivity index (χ2v) is 5.43. The number of benzene rings is 1. The van der Waals surface area contributed by atoms with Gasteiger partial charge < -0.3 is 10.2 Å². The Morgan fingerprint density at radius 3 is 2.70 bits per heavy atom. The van der Waals surface area contributed by atoms with Crippen molar-refractivity contribution in [3.05, 3.63) is 35.4 Å². The molecule has 1 fully saturated rings. The van der Waals surface area contributed by atoms with E-state index in [4.69, 9.17) is 0 Å². The zero-order valence-electron chi connectivity index (χ0n) is 12.3. The number of nitrogens with one attached hydrogen (secondary N) is 1. The van der Waals surface area contributed by atoms with Crippen molar-refractivity contribution >= 4 is 11.8 Å². The summed E-state index contributed by atoms with van der Waals surface area (Å²) in [6.07, 6.45) is 1.43. The number of piperazine rings is 1. The van der Waals surface area contributed by atoms with Crippen LogP contribution in [0.15, 0.2) is 24.3 Å². The number of carbonyl (C=O) groups is 2. The number of hydrogen-bond donors (Lipinski definition) is 1. The average molecular weight is 274 g/mol. The smallest absolute Gasteiger partial charge is 0.245 e. The highest BCUT2D eigenvalue weighted by atomic mass is 16.2. The normalized spacial score (nSPS) is 22.9. The lowest BCUT2D eigenvalue weighted by molar-refractivity contribution is -0.148. The molecule has 1 aromatic rings. The maximum atomic E-state index is 12.2. The first-order valence-electron chi connectivity index (χ1n) is 7.19. The summed E-state index contributed by atoms with van der Waals surface area (Å²) in [5, 5.41) is 2.74. The van der Waals surface area contributed by atoms with Gasteiger partial charge in [0.1, 0.15) is 12.1 Å². The summed E-state index contributed by atoms with van der Waals surface area (Å²) in [5.74, 6) is -0.0204. The Morgan fingerprint density at radius 1 is 1.30 bits per heavy atom. The van der Waals surface area contributed by atoms with E-state index in [9.17, 15) is 9.59 Å². The van der Waals surface area contributed by atoms with Gasteiger partial charge in [0.05, 0.1) is 0 Å². The van der Waals surface area contributed by atoms with E-state index >= 15 is 0 Å². The Bertz CT molecular complexity index is 513. The molecule has 1 aromatic carbocycles. The van der Waals surface area contributed by atoms with Crippen LogP contribution in [-0.2, 0) is 16.0 Å². The topological polar surface area (TPSA) is 49.4 Å². The van der Waals surface area contributed by atoms with E-state index in [0.29, 0.717) is 13.0 Å². The molecule has 2 amide bonds. The summed E-state index contributed by atoms with van der Waals surface area (Å²) in [4.78, 5) is 25.9. The van der Waals surface area contributed by atoms with Crippen LogP contribution in [0, 0.1) is 6.92 Å². The van der Waals surface area contributed by atoms with Crippen molar-refractivity contribution in [2.75, 3.05) is 6.54 Å². The van der Waals surface area contributed by atoms with Gasteiger partial charge in [0.25, 0.3) is 0 Å². The van der Waals surface area contributed by atoms with Crippen LogP contribution in [0.5, 0.6) is 0 Å². The lowest BCUT2D eigenvalue weighted by atomic mass is 10.0. The van der Waals surface area contributed by atoms with Gasteiger partial charge in [-0.1, -0.05) is 36.8 Å². The van der Waals surface area contributed by atoms with Crippen molar-refractivity contribution < 1.29 is 9.59 Å². The Morgan fingerprint density at radius 2 is 2.05 bits per heavy atom. The molecule has 1 N–H and O–H groups in total. The summed E-state index contributed by atoms with van der Waals surface area (Å²) >= 11 is 0. The van der Waals surface area contributed by atoms with E-state index in [2.05, 4.69) is 30.4 Å². The van der Waals surface area contributed by atoms with Gasteiger partial charge in [0, 0.05) is 6.54 Å². The van der Waals surface area contributed by atoms with Crippen LogP contribution in [0.2, 0.25) is 0 Å². The fraction of sp³-hybridized carbons (Fsp3) is 0.500. The van der Waals surface area contributed by atoms with Gasteiger partial charge >= 0.3 is 0 Å². The molecule has 1 saturated heterocycles. The molecule has 2 rings (SSSR count). The lowest BCUT2D eigenvalue weighted by Gasteiger charge is -2.37. The van der Waals surface area contributed by atoms with Gasteiger partial charge in [-0.15, -0.1) is 0 Å². The van der Waals surface area contributed by atoms with E-state index in [1.165, 1.54) is 11.1 Å². The fourth-order valence-electron chi connectivity index (χ4n) is 2.70. The Balaban J connectivity index is 2.08. The summed E-state index contributed by atoms with van der Waals surface area (Å²) in [6, 6.07) is 7.52. The fourth-order valence-corrected chi connectivity index (χ4v) is 2.70. The first-order valence-corrected chi connectivity index (χ1v) is 7.19. The van der Waals surface area contributed by atoms with Crippen LogP contribution in [0.1, 0.15) is 31.4 Å². The van der Waals surface area contributed by atoms with Crippen molar-refractivity contribution in [1.29, 1.82) is 0 Å². The zero-order valence-corrected chi connectivity index (χ0v) is 12.3. The van der Waals surface area contributed by atoms with Crippen LogP contribution >= 0.6 is 0 Å². The zero-order chi connectivity index (χ0) is 14.7. The highest BCUT2D eigenvalue weighted by molar-refractivity contribution is 5.96. The van der Waals surface area contributed by atoms with Crippen molar-refractivity contribution in [2.24, 2.45) is 0 Å². The van der Waals surface area contributed by atoms with E-state index < -0.39 is 6.04 Å². The molecule has 2 unspecified atom stereocenters. The van der Waals surface area contributed by atoms with Crippen molar-refractivity contribution in [3.63, 3.8) is 0 Å². The molecule has 20 heavy (non-hydrogen) atoms. The first kappa shape index (κ1) is 14.6. The van der Waals surface area contributed by atoms with Crippen LogP contribution in [0.3, 0.4) is 0 Å². The Kier molecular flexibility index (Phi) is 4.42. The van der Waals surface area contributed by atoms with Gasteiger partial charge in [-0.2, -0.15) is 0 Å². The van der Waals surface area contributed by atoms with Gasteiger partial charge in [0.2, 0.25) is 11.8 Å². The second-order valence-electron chi connectivity index (χ2n) is 5.43. The quantitative estimate of drug-likeness (QED) is 0.908. The molecule has 1 aliphatic rings. The number of rotatable bonds is 4. The van der Waals surface area contributed by atoms with Crippen molar-refractivity contribution in [2.45, 2.75) is 45.7 Å². The number of amides is 2. The molecule has 0 bridgehead atoms. The minimum absolute atomic E-state index is 0.0177. The summed E-state index contributed by atoms with van der Waals surface area (Å²) in [7, 11) is 0. The lowest BCUT2D eigenvalue weighted by Crippen LogP contribution is -2.62. The number of hydrogen-bond acceptors (Lipinski definition) is 2. The van der Waals surface area contributed by atoms with Crippen LogP contribution < -0.4 is 5.32 Å². The second kappa shape index (κ2) is 6.07. The molecular weight excluding hydrogens is 252 g/mol. The number of aryl methyl sites for hydroxylation is 1. The Hall–Kier alpha value is -1.84. The number of carbonyl (C=O) groups excluding carboxylic acids is 2. The van der Waals surface area contributed by atoms with Crippen LogP contribution in [0.4, 0.5) is 0 Å². The van der Waals surface area contributed by atoms with Gasteiger partial charge in [-0.05, 0) is 32.3 Å². The largest absolute Gasteiger partial charge is 0.343 e. The molecule has 0 aliphatic carbocycles. The molecule has 108 valence electrons. The standard InChI is InChI=1S/C16H22N2O2/c1-4-14-15(19)17-12(3)16(20)18(14)9-8-13-7-5-6-11(2)10-13/h5-7,10,12,14H,4,8-9H2,1-3H3,(H,17,19). The number of nitrogens with zero attached hydrogens (tertiary/aromatic N) is 1. The monoisotopic (exact) mass is 274 g/mol. The van der Waals surface area contributed by atoms with Gasteiger partial charge in [-0.25, -0.2) is 0 Å². The van der Waals surface area contributed by atoms with E-state index in [1.54, 1.807) is 11.8 Å². The highest BCUT2D eigenvalue weighted by Gasteiger charge is 2.36. The average Bonchev–Trinajstić information content (AvgIpc) is 2.41. The molecule has 0 spiro atoms. The first-order chi connectivity index (χ1) is 9.52. The van der Waals surface area contributed by atoms with Crippen molar-refractivity contribution in [3.8, 4) is 0 Å². The molecular formula is C16H22N2O2. The van der Waals surface area contributed by atoms with Crippen molar-refractivity contribution in [1.82, 2.24) is 10.2 Å². The highest BCUT2D eigenvalue weighted by Crippen LogP contribution is 2.14. The van der Waals surface area contributed by atoms with Crippen LogP contribution in [-0.4, -0.2) is 35.3 Å². The molecule has 4 heteroatoms. The summed E-state index contributed by atoms with van der Waals surface area (Å²) in [6.45, 7) is 6.33. The predicted molar refractivity (Wildman–Crippen MR) is 78.3 cm³/mol. The molecule has 1 aliphatic heterocycles. The third-order valence-corrected chi connectivity index (χ3v) is 3.80. The van der Waals surface area contributed by atoms with Gasteiger partial charge in [-0.3, -0.25) is 9.59 Å².